The Morgan fingerprint density at radius 2 is 1.91 bits per heavy atom. The van der Waals surface area contributed by atoms with Gasteiger partial charge in [-0.2, -0.15) is 0 Å². The van der Waals surface area contributed by atoms with Gasteiger partial charge in [-0.1, -0.05) is 36.7 Å². The Labute approximate surface area is 198 Å². The Balaban J connectivity index is 1.48. The van der Waals surface area contributed by atoms with Crippen LogP contribution in [0.15, 0.2) is 73.3 Å². The lowest BCUT2D eigenvalue weighted by Crippen LogP contribution is -2.13. The maximum Gasteiger partial charge on any atom is 0.137 e. The van der Waals surface area contributed by atoms with Crippen LogP contribution in [-0.4, -0.2) is 21.5 Å². The molecule has 1 fully saturated rings. The number of nitrogens with one attached hydrogen (secondary N) is 2. The van der Waals surface area contributed by atoms with E-state index in [1.807, 2.05) is 36.8 Å². The lowest BCUT2D eigenvalue weighted by molar-refractivity contribution is 0.653. The molecule has 6 rings (SSSR count). The first kappa shape index (κ1) is 20.4. The van der Waals surface area contributed by atoms with Crippen molar-refractivity contribution in [3.05, 3.63) is 95.0 Å². The molecule has 2 atom stereocenters. The summed E-state index contributed by atoms with van der Waals surface area (Å²) >= 11 is 6.51. The standard InChI is InChI=1S/C28H25ClN4/c1-17(21-5-2-3-6-26(21)29)24-16-33-28-23(24)13-20(14-32-28)19-11-18-8-10-30-15-25(18)22(12-19)27-7-4-9-31-27/h2-3,5-6,8,10-17,27,31H,4,7,9H2,1H3,(H,32,33). The van der Waals surface area contributed by atoms with E-state index in [-0.39, 0.29) is 5.92 Å². The van der Waals surface area contributed by atoms with Crippen molar-refractivity contribution >= 4 is 33.4 Å². The number of benzene rings is 2. The average Bonchev–Trinajstić information content (AvgIpc) is 3.53. The van der Waals surface area contributed by atoms with Gasteiger partial charge in [0.15, 0.2) is 0 Å². The number of nitrogens with zero attached hydrogens (tertiary/aromatic N) is 2. The number of halogens is 1. The Morgan fingerprint density at radius 1 is 1.00 bits per heavy atom. The number of hydrogen-bond acceptors (Lipinski definition) is 3. The molecule has 2 aromatic carbocycles. The molecule has 4 heterocycles. The molecule has 1 saturated heterocycles. The number of rotatable bonds is 4. The summed E-state index contributed by atoms with van der Waals surface area (Å²) in [7, 11) is 0. The third-order valence-corrected chi connectivity index (χ3v) is 7.30. The van der Waals surface area contributed by atoms with Crippen molar-refractivity contribution in [2.45, 2.75) is 31.7 Å². The highest BCUT2D eigenvalue weighted by Crippen LogP contribution is 2.37. The molecule has 0 spiro atoms. The molecule has 1 aliphatic rings. The van der Waals surface area contributed by atoms with E-state index in [0.717, 1.165) is 40.1 Å². The van der Waals surface area contributed by atoms with Crippen molar-refractivity contribution in [1.29, 1.82) is 0 Å². The summed E-state index contributed by atoms with van der Waals surface area (Å²) in [6, 6.07) is 17.4. The second kappa shape index (κ2) is 8.29. The second-order valence-electron chi connectivity index (χ2n) is 8.92. The average molecular weight is 453 g/mol. The normalized spacial score (nSPS) is 17.1. The highest BCUT2D eigenvalue weighted by atomic mass is 35.5. The van der Waals surface area contributed by atoms with Crippen LogP contribution in [0.3, 0.4) is 0 Å². The Morgan fingerprint density at radius 3 is 2.76 bits per heavy atom. The van der Waals surface area contributed by atoms with Crippen LogP contribution in [0.4, 0.5) is 0 Å². The second-order valence-corrected chi connectivity index (χ2v) is 9.33. The van der Waals surface area contributed by atoms with Crippen molar-refractivity contribution in [3.63, 3.8) is 0 Å². The molecule has 0 saturated carbocycles. The molecule has 2 unspecified atom stereocenters. The number of H-pyrrole nitrogens is 1. The van der Waals surface area contributed by atoms with E-state index in [9.17, 15) is 0 Å². The topological polar surface area (TPSA) is 53.6 Å². The molecule has 1 aliphatic heterocycles. The Hall–Kier alpha value is -3.21. The van der Waals surface area contributed by atoms with Crippen molar-refractivity contribution < 1.29 is 0 Å². The van der Waals surface area contributed by atoms with Crippen LogP contribution in [0.25, 0.3) is 32.9 Å². The minimum atomic E-state index is 0.158. The van der Waals surface area contributed by atoms with Gasteiger partial charge in [0.05, 0.1) is 0 Å². The minimum Gasteiger partial charge on any atom is -0.346 e. The fraction of sp³-hybridized carbons (Fsp3) is 0.214. The number of pyridine rings is 2. The van der Waals surface area contributed by atoms with Gasteiger partial charge in [0.25, 0.3) is 0 Å². The zero-order chi connectivity index (χ0) is 22.4. The Kier molecular flexibility index (Phi) is 5.12. The van der Waals surface area contributed by atoms with Crippen LogP contribution in [0.1, 0.15) is 48.4 Å². The quantitative estimate of drug-likeness (QED) is 0.308. The van der Waals surface area contributed by atoms with Crippen LogP contribution in [0.5, 0.6) is 0 Å². The number of aromatic nitrogens is 3. The van der Waals surface area contributed by atoms with Crippen molar-refractivity contribution in [1.82, 2.24) is 20.3 Å². The number of aromatic amines is 1. The van der Waals surface area contributed by atoms with E-state index >= 15 is 0 Å². The van der Waals surface area contributed by atoms with Gasteiger partial charge in [-0.25, -0.2) is 4.98 Å². The highest BCUT2D eigenvalue weighted by Gasteiger charge is 2.21. The number of hydrogen-bond donors (Lipinski definition) is 2. The summed E-state index contributed by atoms with van der Waals surface area (Å²) in [5.41, 5.74) is 6.85. The molecular weight excluding hydrogens is 428 g/mol. The van der Waals surface area contributed by atoms with E-state index in [1.165, 1.54) is 33.9 Å². The smallest absolute Gasteiger partial charge is 0.137 e. The molecule has 0 amide bonds. The van der Waals surface area contributed by atoms with Gasteiger partial charge in [0.1, 0.15) is 5.65 Å². The highest BCUT2D eigenvalue weighted by molar-refractivity contribution is 6.31. The molecule has 164 valence electrons. The molecule has 3 aromatic heterocycles. The molecule has 0 aliphatic carbocycles. The van der Waals surface area contributed by atoms with Crippen LogP contribution < -0.4 is 5.32 Å². The monoisotopic (exact) mass is 452 g/mol. The van der Waals surface area contributed by atoms with Gasteiger partial charge in [0, 0.05) is 58.1 Å². The summed E-state index contributed by atoms with van der Waals surface area (Å²) in [6.45, 7) is 3.26. The molecule has 0 bridgehead atoms. The molecule has 33 heavy (non-hydrogen) atoms. The maximum absolute atomic E-state index is 6.51. The van der Waals surface area contributed by atoms with Gasteiger partial charge in [-0.15, -0.1) is 0 Å². The van der Waals surface area contributed by atoms with Crippen LogP contribution in [0, 0.1) is 0 Å². The van der Waals surface area contributed by atoms with Crippen LogP contribution in [-0.2, 0) is 0 Å². The Bertz CT molecular complexity index is 1470. The van der Waals surface area contributed by atoms with Gasteiger partial charge in [-0.05, 0) is 77.4 Å². The SMILES string of the molecule is CC(c1ccccc1Cl)c1c[nH]c2ncc(-c3cc(C4CCCN4)c4cnccc4c3)cc12. The van der Waals surface area contributed by atoms with Gasteiger partial charge < -0.3 is 10.3 Å². The predicted octanol–water partition coefficient (Wildman–Crippen LogP) is 7.01. The molecule has 5 heteroatoms. The van der Waals surface area contributed by atoms with Gasteiger partial charge in [0.2, 0.25) is 0 Å². The first-order valence-corrected chi connectivity index (χ1v) is 11.9. The third kappa shape index (κ3) is 3.60. The summed E-state index contributed by atoms with van der Waals surface area (Å²) in [4.78, 5) is 12.5. The molecule has 5 aromatic rings. The predicted molar refractivity (Wildman–Crippen MR) is 136 cm³/mol. The van der Waals surface area contributed by atoms with E-state index in [0.29, 0.717) is 6.04 Å². The molecule has 0 radical (unpaired) electrons. The minimum absolute atomic E-state index is 0.158. The summed E-state index contributed by atoms with van der Waals surface area (Å²) in [6.07, 6.45) is 10.3. The van der Waals surface area contributed by atoms with Crippen molar-refractivity contribution in [2.75, 3.05) is 6.54 Å². The molecular formula is C28H25ClN4. The van der Waals surface area contributed by atoms with E-state index in [4.69, 9.17) is 16.6 Å². The fourth-order valence-corrected chi connectivity index (χ4v) is 5.46. The van der Waals surface area contributed by atoms with E-state index in [1.54, 1.807) is 0 Å². The summed E-state index contributed by atoms with van der Waals surface area (Å²) < 4.78 is 0. The van der Waals surface area contributed by atoms with Crippen molar-refractivity contribution in [3.8, 4) is 11.1 Å². The largest absolute Gasteiger partial charge is 0.346 e. The zero-order valence-electron chi connectivity index (χ0n) is 18.5. The first-order valence-electron chi connectivity index (χ1n) is 11.5. The number of fused-ring (bicyclic) bond motifs is 2. The lowest BCUT2D eigenvalue weighted by atomic mass is 9.91. The maximum atomic E-state index is 6.51. The molecule has 2 N–H and O–H groups in total. The van der Waals surface area contributed by atoms with Crippen molar-refractivity contribution in [2.24, 2.45) is 0 Å². The summed E-state index contributed by atoms with van der Waals surface area (Å²) in [5.74, 6) is 0.158. The lowest BCUT2D eigenvalue weighted by Gasteiger charge is -2.16. The first-order chi connectivity index (χ1) is 16.2. The third-order valence-electron chi connectivity index (χ3n) is 6.96. The van der Waals surface area contributed by atoms with E-state index < -0.39 is 0 Å². The molecule has 4 nitrogen and oxygen atoms in total. The van der Waals surface area contributed by atoms with E-state index in [2.05, 4.69) is 58.7 Å². The van der Waals surface area contributed by atoms with Crippen LogP contribution >= 0.6 is 11.6 Å². The van der Waals surface area contributed by atoms with Gasteiger partial charge >= 0.3 is 0 Å². The zero-order valence-corrected chi connectivity index (χ0v) is 19.2. The fourth-order valence-electron chi connectivity index (χ4n) is 5.17. The summed E-state index contributed by atoms with van der Waals surface area (Å²) in [5, 5.41) is 8.02. The van der Waals surface area contributed by atoms with Crippen LogP contribution in [0.2, 0.25) is 5.02 Å². The van der Waals surface area contributed by atoms with Gasteiger partial charge in [-0.3, -0.25) is 4.98 Å².